The highest BCUT2D eigenvalue weighted by Crippen LogP contribution is 2.57. The normalized spacial score (nSPS) is 27.3. The molecule has 29 heavy (non-hydrogen) atoms. The molecule has 1 saturated heterocycles. The summed E-state index contributed by atoms with van der Waals surface area (Å²) in [5.41, 5.74) is 0. The third-order valence-electron chi connectivity index (χ3n) is 4.88. The summed E-state index contributed by atoms with van der Waals surface area (Å²) in [4.78, 5) is 0. The number of halogens is 9. The van der Waals surface area contributed by atoms with Crippen LogP contribution in [0.25, 0.3) is 0 Å². The summed E-state index contributed by atoms with van der Waals surface area (Å²) in [5, 5.41) is 9.97. The van der Waals surface area contributed by atoms with Gasteiger partial charge in [0.2, 0.25) is 0 Å². The van der Waals surface area contributed by atoms with E-state index < -0.39 is 54.8 Å². The number of aliphatic hydroxyl groups is 1. The van der Waals surface area contributed by atoms with E-state index in [0.29, 0.717) is 12.8 Å². The monoisotopic (exact) mass is 448 g/mol. The van der Waals surface area contributed by atoms with E-state index in [1.165, 1.54) is 6.92 Å². The van der Waals surface area contributed by atoms with E-state index in [2.05, 4.69) is 0 Å². The molecule has 174 valence electrons. The molecule has 0 radical (unpaired) electrons. The number of rotatable bonds is 10. The van der Waals surface area contributed by atoms with Crippen LogP contribution in [-0.2, 0) is 9.47 Å². The Labute approximate surface area is 162 Å². The van der Waals surface area contributed by atoms with Gasteiger partial charge in [0.25, 0.3) is 0 Å². The van der Waals surface area contributed by atoms with Crippen molar-refractivity contribution in [2.75, 3.05) is 6.61 Å². The second kappa shape index (κ2) is 9.59. The predicted molar refractivity (Wildman–Crippen MR) is 84.1 cm³/mol. The fraction of sp³-hybridized carbons (Fsp3) is 1.00. The molecule has 1 N–H and O–H groups in total. The van der Waals surface area contributed by atoms with Crippen LogP contribution in [0.5, 0.6) is 0 Å². The fourth-order valence-electron chi connectivity index (χ4n) is 3.21. The molecule has 1 heterocycles. The van der Waals surface area contributed by atoms with E-state index in [-0.39, 0.29) is 13.0 Å². The topological polar surface area (TPSA) is 38.7 Å². The van der Waals surface area contributed by atoms with Crippen LogP contribution in [0.3, 0.4) is 0 Å². The Bertz CT molecular complexity index is 511. The average Bonchev–Trinajstić information content (AvgIpc) is 2.59. The smallest absolute Gasteiger partial charge is 0.387 e. The SMILES string of the molecule is CCCCCC[C@@H]1C[C@@H](C(F)(F)C(F)(F)C(F)(F)C(F)(F)F)[C@H](O)[C@H](OCC)O1. The molecule has 4 atom stereocenters. The number of aliphatic hydroxyl groups excluding tert-OH is 1. The molecule has 0 amide bonds. The van der Waals surface area contributed by atoms with Gasteiger partial charge >= 0.3 is 23.9 Å². The lowest BCUT2D eigenvalue weighted by Gasteiger charge is -2.45. The van der Waals surface area contributed by atoms with Crippen molar-refractivity contribution < 1.29 is 54.1 Å². The van der Waals surface area contributed by atoms with E-state index in [1.807, 2.05) is 6.92 Å². The van der Waals surface area contributed by atoms with E-state index in [4.69, 9.17) is 9.47 Å². The zero-order valence-electron chi connectivity index (χ0n) is 15.9. The van der Waals surface area contributed by atoms with Gasteiger partial charge in [0.05, 0.1) is 12.0 Å². The van der Waals surface area contributed by atoms with Gasteiger partial charge in [0.1, 0.15) is 6.10 Å². The van der Waals surface area contributed by atoms with Crippen molar-refractivity contribution in [3.05, 3.63) is 0 Å². The molecule has 0 bridgehead atoms. The fourth-order valence-corrected chi connectivity index (χ4v) is 3.21. The number of ether oxygens (including phenoxy) is 2. The predicted octanol–water partition coefficient (Wildman–Crippen LogP) is 5.55. The van der Waals surface area contributed by atoms with Crippen molar-refractivity contribution >= 4 is 0 Å². The first-order chi connectivity index (χ1) is 13.1. The minimum absolute atomic E-state index is 0.0735. The lowest BCUT2D eigenvalue weighted by Crippen LogP contribution is -2.66. The van der Waals surface area contributed by atoms with Crippen molar-refractivity contribution in [2.45, 2.75) is 94.8 Å². The molecule has 1 rings (SSSR count). The summed E-state index contributed by atoms with van der Waals surface area (Å²) >= 11 is 0. The molecule has 0 aromatic carbocycles. The van der Waals surface area contributed by atoms with Crippen LogP contribution in [0.4, 0.5) is 39.5 Å². The number of hydrogen-bond donors (Lipinski definition) is 1. The standard InChI is InChI=1S/C17H25F9O3/c1-3-5-6-7-8-10-9-11(12(27)13(29-10)28-4-2)14(18,19)15(20,21)16(22,23)17(24,25)26/h10-13,27H,3-9H2,1-2H3/t10-,11-,12+,13-/m1/s1. The van der Waals surface area contributed by atoms with Crippen LogP contribution in [0.1, 0.15) is 52.4 Å². The van der Waals surface area contributed by atoms with Crippen LogP contribution < -0.4 is 0 Å². The largest absolute Gasteiger partial charge is 0.460 e. The summed E-state index contributed by atoms with van der Waals surface area (Å²) in [5.74, 6) is -22.6. The molecule has 12 heteroatoms. The lowest BCUT2D eigenvalue weighted by atomic mass is 9.80. The van der Waals surface area contributed by atoms with Crippen LogP contribution in [-0.4, -0.2) is 54.2 Å². The highest BCUT2D eigenvalue weighted by molar-refractivity contribution is 5.06. The molecule has 0 spiro atoms. The molecular weight excluding hydrogens is 423 g/mol. The van der Waals surface area contributed by atoms with E-state index in [9.17, 15) is 44.6 Å². The Hall–Kier alpha value is -0.750. The molecular formula is C17H25F9O3. The molecule has 0 saturated carbocycles. The summed E-state index contributed by atoms with van der Waals surface area (Å²) in [7, 11) is 0. The van der Waals surface area contributed by atoms with Crippen molar-refractivity contribution in [3.8, 4) is 0 Å². The third kappa shape index (κ3) is 5.30. The highest BCUT2D eigenvalue weighted by atomic mass is 19.4. The third-order valence-corrected chi connectivity index (χ3v) is 4.88. The Morgan fingerprint density at radius 3 is 1.97 bits per heavy atom. The van der Waals surface area contributed by atoms with E-state index >= 15 is 0 Å². The maximum Gasteiger partial charge on any atom is 0.460 e. The maximum absolute atomic E-state index is 14.4. The first kappa shape index (κ1) is 26.3. The zero-order valence-corrected chi connectivity index (χ0v) is 15.9. The molecule has 0 aromatic heterocycles. The summed E-state index contributed by atoms with van der Waals surface area (Å²) in [6.45, 7) is 3.08. The van der Waals surface area contributed by atoms with Gasteiger partial charge in [-0.1, -0.05) is 32.6 Å². The molecule has 3 nitrogen and oxygen atoms in total. The highest BCUT2D eigenvalue weighted by Gasteiger charge is 2.83. The molecule has 0 aromatic rings. The van der Waals surface area contributed by atoms with Gasteiger partial charge in [-0.3, -0.25) is 0 Å². The Morgan fingerprint density at radius 2 is 1.48 bits per heavy atom. The van der Waals surface area contributed by atoms with Crippen molar-refractivity contribution in [2.24, 2.45) is 5.92 Å². The van der Waals surface area contributed by atoms with E-state index in [1.54, 1.807) is 0 Å². The Balaban J connectivity index is 3.16. The Morgan fingerprint density at radius 1 is 0.897 bits per heavy atom. The van der Waals surface area contributed by atoms with Gasteiger partial charge < -0.3 is 14.6 Å². The van der Waals surface area contributed by atoms with Crippen LogP contribution in [0.15, 0.2) is 0 Å². The maximum atomic E-state index is 14.4. The van der Waals surface area contributed by atoms with Crippen molar-refractivity contribution in [3.63, 3.8) is 0 Å². The van der Waals surface area contributed by atoms with Crippen molar-refractivity contribution in [1.29, 1.82) is 0 Å². The summed E-state index contributed by atoms with van der Waals surface area (Å²) in [6.07, 6.45) is -10.7. The minimum atomic E-state index is -7.00. The molecule has 1 aliphatic rings. The molecule has 0 aliphatic carbocycles. The number of unbranched alkanes of at least 4 members (excludes halogenated alkanes) is 3. The number of hydrogen-bond acceptors (Lipinski definition) is 3. The van der Waals surface area contributed by atoms with Gasteiger partial charge in [0, 0.05) is 6.61 Å². The van der Waals surface area contributed by atoms with Crippen molar-refractivity contribution in [1.82, 2.24) is 0 Å². The molecule has 1 aliphatic heterocycles. The van der Waals surface area contributed by atoms with Gasteiger partial charge in [0.15, 0.2) is 6.29 Å². The Kier molecular flexibility index (Phi) is 8.69. The lowest BCUT2D eigenvalue weighted by molar-refractivity contribution is -0.413. The summed E-state index contributed by atoms with van der Waals surface area (Å²) < 4.78 is 130. The first-order valence-corrected chi connectivity index (χ1v) is 9.30. The molecule has 0 unspecified atom stereocenters. The second-order valence-corrected chi connectivity index (χ2v) is 7.03. The zero-order chi connectivity index (χ0) is 22.7. The average molecular weight is 448 g/mol. The second-order valence-electron chi connectivity index (χ2n) is 7.03. The van der Waals surface area contributed by atoms with Gasteiger partial charge in [-0.05, 0) is 19.8 Å². The molecule has 1 fully saturated rings. The van der Waals surface area contributed by atoms with E-state index in [0.717, 1.165) is 12.8 Å². The number of alkyl halides is 9. The van der Waals surface area contributed by atoms with Gasteiger partial charge in [-0.2, -0.15) is 39.5 Å². The minimum Gasteiger partial charge on any atom is -0.387 e. The van der Waals surface area contributed by atoms with Crippen LogP contribution >= 0.6 is 0 Å². The summed E-state index contributed by atoms with van der Waals surface area (Å²) in [6, 6.07) is 0. The van der Waals surface area contributed by atoms with Crippen LogP contribution in [0.2, 0.25) is 0 Å². The quantitative estimate of drug-likeness (QED) is 0.352. The van der Waals surface area contributed by atoms with Crippen LogP contribution in [0, 0.1) is 5.92 Å². The van der Waals surface area contributed by atoms with Gasteiger partial charge in [-0.15, -0.1) is 0 Å². The van der Waals surface area contributed by atoms with Gasteiger partial charge in [-0.25, -0.2) is 0 Å². The first-order valence-electron chi connectivity index (χ1n) is 9.30.